The molecule has 8 bridgehead atoms. The molecular formula is C51H36F6N4. The molecule has 0 unspecified atom stereocenters. The number of hydrogen-bond acceptors (Lipinski definition) is 2. The molecule has 2 aliphatic heterocycles. The first-order chi connectivity index (χ1) is 29.1. The molecular weight excluding hydrogens is 783 g/mol. The maximum atomic E-state index is 16.9. The van der Waals surface area contributed by atoms with E-state index in [-0.39, 0.29) is 27.9 Å². The van der Waals surface area contributed by atoms with Crippen LogP contribution in [0.15, 0.2) is 109 Å². The number of nitrogens with zero attached hydrogens (tertiary/aromatic N) is 2. The first kappa shape index (κ1) is 38.3. The lowest BCUT2D eigenvalue weighted by molar-refractivity contribution is -0.320. The average Bonchev–Trinajstić information content (AvgIpc) is 4.07. The fraction of sp³-hybridized carbons (Fsp3) is 0.137. The second kappa shape index (κ2) is 13.5. The Morgan fingerprint density at radius 1 is 0.393 bits per heavy atom. The van der Waals surface area contributed by atoms with E-state index in [1.54, 1.807) is 30.4 Å². The average molecular weight is 819 g/mol. The highest BCUT2D eigenvalue weighted by Crippen LogP contribution is 2.60. The van der Waals surface area contributed by atoms with Gasteiger partial charge in [-0.05, 0) is 98.5 Å². The molecule has 5 heterocycles. The highest BCUT2D eigenvalue weighted by Gasteiger charge is 2.74. The Labute approximate surface area is 347 Å². The van der Waals surface area contributed by atoms with Crippen LogP contribution in [0.1, 0.15) is 56.2 Å². The fourth-order valence-electron chi connectivity index (χ4n) is 8.56. The summed E-state index contributed by atoms with van der Waals surface area (Å²) in [4.78, 5) is 16.8. The maximum absolute atomic E-state index is 16.9. The van der Waals surface area contributed by atoms with Crippen LogP contribution in [0.2, 0.25) is 0 Å². The summed E-state index contributed by atoms with van der Waals surface area (Å²) in [5.41, 5.74) is 6.26. The van der Waals surface area contributed by atoms with Crippen LogP contribution in [-0.2, 0) is 11.8 Å². The lowest BCUT2D eigenvalue weighted by Crippen LogP contribution is -2.51. The lowest BCUT2D eigenvalue weighted by Gasteiger charge is -2.35. The van der Waals surface area contributed by atoms with Crippen LogP contribution in [0.25, 0.3) is 90.9 Å². The SMILES string of the molecule is Cc1ccc(-c2c3nc(c(-c4ccc(C)cc4)c4ccc([nH]4)c(-c4ccc(C)cc4)c4cc5c([nH]4)c(c4nc2C=C4)-c2ccc(C)cc2C(F)(F)C(F)(F)C5(F)F)C=C3)cc1. The van der Waals surface area contributed by atoms with E-state index in [0.717, 1.165) is 45.5 Å². The van der Waals surface area contributed by atoms with Crippen molar-refractivity contribution in [2.24, 2.45) is 0 Å². The summed E-state index contributed by atoms with van der Waals surface area (Å²) in [6.07, 6.45) is 7.05. The molecule has 0 saturated heterocycles. The zero-order valence-corrected chi connectivity index (χ0v) is 33.4. The summed E-state index contributed by atoms with van der Waals surface area (Å²) in [6, 6.07) is 31.2. The van der Waals surface area contributed by atoms with Crippen LogP contribution in [0.4, 0.5) is 26.3 Å². The normalized spacial score (nSPS) is 15.6. The number of fused-ring (bicyclic) bond motifs is 10. The van der Waals surface area contributed by atoms with Crippen molar-refractivity contribution < 1.29 is 26.3 Å². The number of H-pyrrole nitrogens is 2. The molecule has 302 valence electrons. The highest BCUT2D eigenvalue weighted by atomic mass is 19.3. The van der Waals surface area contributed by atoms with Gasteiger partial charge in [-0.1, -0.05) is 107 Å². The van der Waals surface area contributed by atoms with Gasteiger partial charge in [-0.2, -0.15) is 26.3 Å². The molecule has 61 heavy (non-hydrogen) atoms. The molecule has 0 atom stereocenters. The Kier molecular flexibility index (Phi) is 8.50. The van der Waals surface area contributed by atoms with Gasteiger partial charge in [-0.3, -0.25) is 0 Å². The Morgan fingerprint density at radius 3 is 1.36 bits per heavy atom. The third-order valence-electron chi connectivity index (χ3n) is 11.8. The van der Waals surface area contributed by atoms with Crippen molar-refractivity contribution in [2.45, 2.75) is 45.5 Å². The predicted octanol–water partition coefficient (Wildman–Crippen LogP) is 14.4. The molecule has 3 aliphatic rings. The first-order valence-corrected chi connectivity index (χ1v) is 19.8. The fourth-order valence-corrected chi connectivity index (χ4v) is 8.56. The van der Waals surface area contributed by atoms with Crippen LogP contribution >= 0.6 is 0 Å². The van der Waals surface area contributed by atoms with Crippen LogP contribution in [0.5, 0.6) is 0 Å². The number of alkyl halides is 6. The molecule has 2 N–H and O–H groups in total. The minimum atomic E-state index is -5.85. The molecule has 0 fully saturated rings. The number of aromatic nitrogens is 4. The summed E-state index contributed by atoms with van der Waals surface area (Å²) >= 11 is 0. The number of hydrogen-bond donors (Lipinski definition) is 2. The minimum Gasteiger partial charge on any atom is -0.354 e. The first-order valence-electron chi connectivity index (χ1n) is 19.8. The van der Waals surface area contributed by atoms with Gasteiger partial charge in [0, 0.05) is 44.4 Å². The Hall–Kier alpha value is -6.94. The maximum Gasteiger partial charge on any atom is 0.380 e. The van der Waals surface area contributed by atoms with Gasteiger partial charge in [0.1, 0.15) is 0 Å². The quantitative estimate of drug-likeness (QED) is 0.175. The number of rotatable bonds is 3. The zero-order valence-electron chi connectivity index (χ0n) is 33.4. The summed E-state index contributed by atoms with van der Waals surface area (Å²) in [7, 11) is 0. The van der Waals surface area contributed by atoms with E-state index in [2.05, 4.69) is 9.97 Å². The molecule has 0 saturated carbocycles. The van der Waals surface area contributed by atoms with E-state index in [0.29, 0.717) is 44.8 Å². The van der Waals surface area contributed by atoms with Crippen LogP contribution in [0, 0.1) is 27.7 Å². The van der Waals surface area contributed by atoms with E-state index >= 15 is 26.3 Å². The summed E-state index contributed by atoms with van der Waals surface area (Å²) in [6.45, 7) is 7.30. The number of nitrogens with one attached hydrogen (secondary N) is 2. The highest BCUT2D eigenvalue weighted by molar-refractivity contribution is 6.02. The molecule has 10 rings (SSSR count). The largest absolute Gasteiger partial charge is 0.380 e. The van der Waals surface area contributed by atoms with E-state index in [1.165, 1.54) is 19.1 Å². The van der Waals surface area contributed by atoms with E-state index in [1.807, 2.05) is 99.7 Å². The molecule has 3 aromatic heterocycles. The monoisotopic (exact) mass is 818 g/mol. The molecule has 0 spiro atoms. The van der Waals surface area contributed by atoms with Crippen molar-refractivity contribution in [1.82, 2.24) is 19.9 Å². The van der Waals surface area contributed by atoms with Gasteiger partial charge in [0.15, 0.2) is 0 Å². The molecule has 1 aliphatic carbocycles. The van der Waals surface area contributed by atoms with Gasteiger partial charge in [0.25, 0.3) is 0 Å². The summed E-state index contributed by atoms with van der Waals surface area (Å²) < 4.78 is 99.3. The number of aromatic amines is 2. The second-order valence-electron chi connectivity index (χ2n) is 16.1. The van der Waals surface area contributed by atoms with Crippen molar-refractivity contribution in [2.75, 3.05) is 0 Å². The Morgan fingerprint density at radius 2 is 0.820 bits per heavy atom. The van der Waals surface area contributed by atoms with Crippen LogP contribution < -0.4 is 0 Å². The van der Waals surface area contributed by atoms with Gasteiger partial charge in [-0.15, -0.1) is 0 Å². The van der Waals surface area contributed by atoms with Crippen LogP contribution in [-0.4, -0.2) is 25.9 Å². The van der Waals surface area contributed by atoms with Crippen molar-refractivity contribution in [3.05, 3.63) is 165 Å². The van der Waals surface area contributed by atoms with Gasteiger partial charge in [0.05, 0.1) is 33.9 Å². The number of benzene rings is 4. The number of aryl methyl sites for hydroxylation is 4. The van der Waals surface area contributed by atoms with Gasteiger partial charge in [-0.25, -0.2) is 9.97 Å². The van der Waals surface area contributed by atoms with Crippen LogP contribution in [0.3, 0.4) is 0 Å². The summed E-state index contributed by atoms with van der Waals surface area (Å²) in [5, 5.41) is 0. The molecule has 7 aromatic rings. The third-order valence-corrected chi connectivity index (χ3v) is 11.8. The van der Waals surface area contributed by atoms with E-state index < -0.39 is 34.4 Å². The second-order valence-corrected chi connectivity index (χ2v) is 16.1. The Balaban J connectivity index is 1.47. The molecule has 0 radical (unpaired) electrons. The molecule has 10 heteroatoms. The molecule has 0 amide bonds. The predicted molar refractivity (Wildman–Crippen MR) is 232 cm³/mol. The summed E-state index contributed by atoms with van der Waals surface area (Å²) in [5.74, 6) is -16.5. The van der Waals surface area contributed by atoms with E-state index in [4.69, 9.17) is 9.97 Å². The minimum absolute atomic E-state index is 0.00509. The van der Waals surface area contributed by atoms with Gasteiger partial charge >= 0.3 is 17.8 Å². The number of halogens is 6. The van der Waals surface area contributed by atoms with Crippen molar-refractivity contribution in [1.29, 1.82) is 0 Å². The Bertz CT molecular complexity index is 3190. The smallest absolute Gasteiger partial charge is 0.354 e. The van der Waals surface area contributed by atoms with E-state index in [9.17, 15) is 0 Å². The molecule has 4 aromatic carbocycles. The van der Waals surface area contributed by atoms with Crippen molar-refractivity contribution in [3.8, 4) is 44.5 Å². The standard InChI is InChI=1S/C51H36F6N4/c1-27-5-12-31(13-6-27)44-37-19-20-38(58-37)45(32-14-7-28(2)8-15-32)40-23-24-42(60-40)47-34-18-11-30(4)25-35(34)49(52,53)51(56,57)50(54,55)36-26-43(61-48(36)47)46(41-22-21-39(44)59-41)33-16-9-29(3)10-17-33/h5-26,59,61H,1-4H3. The van der Waals surface area contributed by atoms with Crippen molar-refractivity contribution >= 4 is 46.4 Å². The topological polar surface area (TPSA) is 57.4 Å². The third kappa shape index (κ3) is 5.90. The van der Waals surface area contributed by atoms with Gasteiger partial charge < -0.3 is 9.97 Å². The molecule has 4 nitrogen and oxygen atoms in total. The van der Waals surface area contributed by atoms with Crippen molar-refractivity contribution in [3.63, 3.8) is 0 Å². The van der Waals surface area contributed by atoms with Gasteiger partial charge in [0.2, 0.25) is 0 Å². The zero-order chi connectivity index (χ0) is 42.6. The lowest BCUT2D eigenvalue weighted by atomic mass is 9.83.